The summed E-state index contributed by atoms with van der Waals surface area (Å²) >= 11 is 0. The molecule has 0 saturated carbocycles. The van der Waals surface area contributed by atoms with Crippen LogP contribution in [0.25, 0.3) is 89.4 Å². The van der Waals surface area contributed by atoms with E-state index in [1.807, 2.05) is 73.8 Å². The van der Waals surface area contributed by atoms with Gasteiger partial charge in [0.1, 0.15) is 0 Å². The Labute approximate surface area is 309 Å². The van der Waals surface area contributed by atoms with Gasteiger partial charge in [0.2, 0.25) is 0 Å². The average Bonchev–Trinajstić information content (AvgIpc) is 3.24. The molecule has 0 bridgehead atoms. The van der Waals surface area contributed by atoms with E-state index in [0.717, 1.165) is 50.2 Å². The fourth-order valence-electron chi connectivity index (χ4n) is 6.83. The highest BCUT2D eigenvalue weighted by Gasteiger charge is 2.15. The third kappa shape index (κ3) is 6.74. The molecule has 0 radical (unpaired) electrons. The Bertz CT molecular complexity index is 2650. The predicted octanol–water partition coefficient (Wildman–Crippen LogP) is 12.4. The summed E-state index contributed by atoms with van der Waals surface area (Å²) in [7, 11) is 0. The van der Waals surface area contributed by atoms with Crippen LogP contribution < -0.4 is 0 Å². The van der Waals surface area contributed by atoms with Gasteiger partial charge in [-0.25, -0.2) is 15.0 Å². The highest BCUT2D eigenvalue weighted by molar-refractivity contribution is 5.89. The molecule has 0 fully saturated rings. The van der Waals surface area contributed by atoms with E-state index in [1.54, 1.807) is 0 Å². The maximum absolute atomic E-state index is 5.08. The molecule has 0 aliphatic heterocycles. The molecule has 250 valence electrons. The van der Waals surface area contributed by atoms with Crippen molar-refractivity contribution in [3.8, 4) is 78.7 Å². The van der Waals surface area contributed by atoms with Gasteiger partial charge >= 0.3 is 0 Å². The number of benzene rings is 7. The molecule has 0 N–H and O–H groups in total. The number of nitrogens with zero attached hydrogens (tertiary/aromatic N) is 4. The third-order valence-corrected chi connectivity index (χ3v) is 9.64. The maximum atomic E-state index is 5.08. The van der Waals surface area contributed by atoms with Crippen LogP contribution in [0.5, 0.6) is 0 Å². The summed E-state index contributed by atoms with van der Waals surface area (Å²) < 4.78 is 0. The molecule has 0 amide bonds. The lowest BCUT2D eigenvalue weighted by molar-refractivity contribution is 1.07. The minimum atomic E-state index is 0.627. The number of aryl methyl sites for hydroxylation is 1. The Balaban J connectivity index is 1.15. The molecule has 0 spiro atoms. The second-order valence-corrected chi connectivity index (χ2v) is 13.2. The summed E-state index contributed by atoms with van der Waals surface area (Å²) in [6.45, 7) is 2.02. The van der Waals surface area contributed by atoms with Crippen molar-refractivity contribution in [2.45, 2.75) is 6.92 Å². The summed E-state index contributed by atoms with van der Waals surface area (Å²) in [5, 5.41) is 2.41. The molecule has 9 rings (SSSR count). The van der Waals surface area contributed by atoms with E-state index in [9.17, 15) is 0 Å². The van der Waals surface area contributed by atoms with E-state index < -0.39 is 0 Å². The maximum Gasteiger partial charge on any atom is 0.164 e. The van der Waals surface area contributed by atoms with Gasteiger partial charge in [0.05, 0.1) is 0 Å². The van der Waals surface area contributed by atoms with Crippen LogP contribution in [0, 0.1) is 6.92 Å². The molecule has 7 aromatic carbocycles. The Morgan fingerprint density at radius 3 is 1.26 bits per heavy atom. The average molecular weight is 679 g/mol. The van der Waals surface area contributed by atoms with Crippen molar-refractivity contribution >= 4 is 10.8 Å². The van der Waals surface area contributed by atoms with E-state index in [0.29, 0.717) is 17.5 Å². The van der Waals surface area contributed by atoms with Gasteiger partial charge in [-0.05, 0) is 98.6 Å². The first-order chi connectivity index (χ1) is 26.1. The van der Waals surface area contributed by atoms with Crippen molar-refractivity contribution in [3.05, 3.63) is 194 Å². The van der Waals surface area contributed by atoms with Gasteiger partial charge in [-0.15, -0.1) is 0 Å². The fourth-order valence-corrected chi connectivity index (χ4v) is 6.83. The Hall–Kier alpha value is -7.04. The molecular weight excluding hydrogens is 645 g/mol. The van der Waals surface area contributed by atoms with Crippen molar-refractivity contribution in [3.63, 3.8) is 0 Å². The molecule has 0 aliphatic rings. The third-order valence-electron chi connectivity index (χ3n) is 9.64. The zero-order valence-electron chi connectivity index (χ0n) is 29.2. The lowest BCUT2D eigenvalue weighted by atomic mass is 9.93. The summed E-state index contributed by atoms with van der Waals surface area (Å²) in [5.41, 5.74) is 12.9. The molecular formula is C49H34N4. The van der Waals surface area contributed by atoms with Gasteiger partial charge in [0, 0.05) is 28.6 Å². The van der Waals surface area contributed by atoms with Crippen LogP contribution in [0.2, 0.25) is 0 Å². The standard InChI is InChI=1S/C49H34N4/c1-33-28-43(26-27-50-33)37-20-16-35(17-21-37)36-18-22-38(23-19-36)44-30-45(42-25-24-34-10-8-9-15-41(34)29-42)32-46(31-44)49-52-47(39-11-4-2-5-12-39)51-48(53-49)40-13-6-3-7-14-40/h2-32H,1H3. The quantitative estimate of drug-likeness (QED) is 0.168. The van der Waals surface area contributed by atoms with Crippen molar-refractivity contribution in [1.29, 1.82) is 0 Å². The van der Waals surface area contributed by atoms with Crippen LogP contribution in [0.3, 0.4) is 0 Å². The van der Waals surface area contributed by atoms with Gasteiger partial charge in [0.15, 0.2) is 17.5 Å². The first-order valence-corrected chi connectivity index (χ1v) is 17.8. The number of aromatic nitrogens is 4. The summed E-state index contributed by atoms with van der Waals surface area (Å²) in [6.07, 6.45) is 1.86. The van der Waals surface area contributed by atoms with E-state index in [4.69, 9.17) is 15.0 Å². The molecule has 53 heavy (non-hydrogen) atoms. The minimum Gasteiger partial charge on any atom is -0.262 e. The SMILES string of the molecule is Cc1cc(-c2ccc(-c3ccc(-c4cc(-c5ccc6ccccc6c5)cc(-c5nc(-c6ccccc6)nc(-c6ccccc6)n5)c4)cc3)cc2)ccn1. The normalized spacial score (nSPS) is 11.1. The highest BCUT2D eigenvalue weighted by Crippen LogP contribution is 2.35. The van der Waals surface area contributed by atoms with E-state index in [1.165, 1.54) is 27.5 Å². The Morgan fingerprint density at radius 2 is 0.698 bits per heavy atom. The summed E-state index contributed by atoms with van der Waals surface area (Å²) in [6, 6.07) is 63.8. The van der Waals surface area contributed by atoms with Gasteiger partial charge in [0.25, 0.3) is 0 Å². The zero-order chi connectivity index (χ0) is 35.6. The molecule has 2 aromatic heterocycles. The largest absolute Gasteiger partial charge is 0.262 e. The minimum absolute atomic E-state index is 0.627. The number of rotatable bonds is 7. The second kappa shape index (κ2) is 13.9. The van der Waals surface area contributed by atoms with Crippen LogP contribution in [0.4, 0.5) is 0 Å². The molecule has 0 atom stereocenters. The molecule has 2 heterocycles. The molecule has 9 aromatic rings. The summed E-state index contributed by atoms with van der Waals surface area (Å²) in [4.78, 5) is 19.4. The molecule has 0 unspecified atom stereocenters. The zero-order valence-corrected chi connectivity index (χ0v) is 29.2. The van der Waals surface area contributed by atoms with Crippen LogP contribution in [-0.2, 0) is 0 Å². The smallest absolute Gasteiger partial charge is 0.164 e. The number of hydrogen-bond acceptors (Lipinski definition) is 4. The highest BCUT2D eigenvalue weighted by atomic mass is 15.0. The molecule has 0 aliphatic carbocycles. The van der Waals surface area contributed by atoms with E-state index in [2.05, 4.69) is 126 Å². The molecule has 0 saturated heterocycles. The number of fused-ring (bicyclic) bond motifs is 1. The number of pyridine rings is 1. The van der Waals surface area contributed by atoms with Crippen LogP contribution >= 0.6 is 0 Å². The fraction of sp³-hybridized carbons (Fsp3) is 0.0204. The van der Waals surface area contributed by atoms with Crippen LogP contribution in [0.1, 0.15) is 5.69 Å². The van der Waals surface area contributed by atoms with Crippen molar-refractivity contribution in [1.82, 2.24) is 19.9 Å². The van der Waals surface area contributed by atoms with Crippen LogP contribution in [0.15, 0.2) is 188 Å². The Morgan fingerprint density at radius 1 is 0.283 bits per heavy atom. The summed E-state index contributed by atoms with van der Waals surface area (Å²) in [5.74, 6) is 1.91. The monoisotopic (exact) mass is 678 g/mol. The van der Waals surface area contributed by atoms with Gasteiger partial charge in [-0.3, -0.25) is 4.98 Å². The lowest BCUT2D eigenvalue weighted by Gasteiger charge is -2.13. The first-order valence-electron chi connectivity index (χ1n) is 17.8. The lowest BCUT2D eigenvalue weighted by Crippen LogP contribution is -2.00. The van der Waals surface area contributed by atoms with E-state index >= 15 is 0 Å². The van der Waals surface area contributed by atoms with Crippen molar-refractivity contribution in [2.75, 3.05) is 0 Å². The molecule has 4 nitrogen and oxygen atoms in total. The van der Waals surface area contributed by atoms with Gasteiger partial charge in [-0.2, -0.15) is 0 Å². The topological polar surface area (TPSA) is 51.6 Å². The van der Waals surface area contributed by atoms with Gasteiger partial charge in [-0.1, -0.05) is 146 Å². The van der Waals surface area contributed by atoms with Crippen molar-refractivity contribution in [2.24, 2.45) is 0 Å². The number of hydrogen-bond donors (Lipinski definition) is 0. The molecule has 4 heteroatoms. The van der Waals surface area contributed by atoms with Crippen LogP contribution in [-0.4, -0.2) is 19.9 Å². The van der Waals surface area contributed by atoms with Gasteiger partial charge < -0.3 is 0 Å². The Kier molecular flexibility index (Phi) is 8.39. The second-order valence-electron chi connectivity index (χ2n) is 13.2. The van der Waals surface area contributed by atoms with E-state index in [-0.39, 0.29) is 0 Å². The predicted molar refractivity (Wildman–Crippen MR) is 218 cm³/mol. The first kappa shape index (κ1) is 31.9. The van der Waals surface area contributed by atoms with Crippen molar-refractivity contribution < 1.29 is 0 Å².